The van der Waals surface area contributed by atoms with E-state index in [0.29, 0.717) is 16.5 Å². The molecule has 0 amide bonds. The molecule has 0 aromatic heterocycles. The molecule has 0 aliphatic carbocycles. The van der Waals surface area contributed by atoms with Gasteiger partial charge in [-0.3, -0.25) is 4.90 Å². The van der Waals surface area contributed by atoms with Gasteiger partial charge < -0.3 is 5.11 Å². The Kier molecular flexibility index (Phi) is 5.96. The largest absolute Gasteiger partial charge is 0.391 e. The highest BCUT2D eigenvalue weighted by molar-refractivity contribution is 6.33. The maximum absolute atomic E-state index is 10.9. The number of rotatable bonds is 6. The zero-order valence-corrected chi connectivity index (χ0v) is 14.4. The number of aliphatic hydroxyl groups excluding tert-OH is 1. The van der Waals surface area contributed by atoms with Crippen molar-refractivity contribution in [1.29, 1.82) is 0 Å². The molecule has 118 valence electrons. The van der Waals surface area contributed by atoms with Gasteiger partial charge in [0, 0.05) is 22.0 Å². The number of nitrogens with zero attached hydrogens (tertiary/aromatic N) is 1. The van der Waals surface area contributed by atoms with Gasteiger partial charge in [-0.2, -0.15) is 0 Å². The summed E-state index contributed by atoms with van der Waals surface area (Å²) in [5.41, 5.74) is 0.782. The Morgan fingerprint density at radius 3 is 2.38 bits per heavy atom. The van der Waals surface area contributed by atoms with Gasteiger partial charge in [-0.1, -0.05) is 37.0 Å². The maximum Gasteiger partial charge on any atom is 0.0764 e. The molecule has 2 rings (SSSR count). The van der Waals surface area contributed by atoms with Gasteiger partial charge in [-0.15, -0.1) is 0 Å². The van der Waals surface area contributed by atoms with Crippen molar-refractivity contribution >= 4 is 23.2 Å². The van der Waals surface area contributed by atoms with E-state index in [9.17, 15) is 5.11 Å². The van der Waals surface area contributed by atoms with Crippen LogP contribution in [0.1, 0.15) is 45.1 Å². The summed E-state index contributed by atoms with van der Waals surface area (Å²) in [6.45, 7) is 6.51. The Morgan fingerprint density at radius 2 is 1.81 bits per heavy atom. The average Bonchev–Trinajstić information content (AvgIpc) is 2.99. The van der Waals surface area contributed by atoms with Crippen LogP contribution in [0.3, 0.4) is 0 Å². The number of aliphatic hydroxyl groups is 1. The summed E-state index contributed by atoms with van der Waals surface area (Å²) in [5, 5.41) is 12.3. The fraction of sp³-hybridized carbons (Fsp3) is 0.647. The molecular formula is C17H25Cl2NO. The van der Waals surface area contributed by atoms with E-state index in [0.717, 1.165) is 31.5 Å². The number of halogens is 2. The predicted molar refractivity (Wildman–Crippen MR) is 90.3 cm³/mol. The molecule has 1 aliphatic heterocycles. The highest BCUT2D eigenvalue weighted by Gasteiger charge is 2.41. The van der Waals surface area contributed by atoms with Gasteiger partial charge in [-0.05, 0) is 62.5 Å². The van der Waals surface area contributed by atoms with Crippen LogP contribution < -0.4 is 0 Å². The van der Waals surface area contributed by atoms with Crippen molar-refractivity contribution in [3.8, 4) is 0 Å². The molecular weight excluding hydrogens is 305 g/mol. The lowest BCUT2D eigenvalue weighted by Gasteiger charge is -2.44. The Balaban J connectivity index is 2.22. The van der Waals surface area contributed by atoms with Crippen molar-refractivity contribution in [3.05, 3.63) is 33.8 Å². The number of benzene rings is 1. The molecule has 1 saturated heterocycles. The molecule has 0 spiro atoms. The van der Waals surface area contributed by atoms with Gasteiger partial charge in [-0.25, -0.2) is 0 Å². The monoisotopic (exact) mass is 329 g/mol. The highest BCUT2D eigenvalue weighted by atomic mass is 35.5. The van der Waals surface area contributed by atoms with Crippen molar-refractivity contribution in [2.24, 2.45) is 0 Å². The first-order valence-electron chi connectivity index (χ1n) is 7.90. The van der Waals surface area contributed by atoms with Crippen molar-refractivity contribution in [2.45, 2.75) is 57.6 Å². The zero-order valence-electron chi connectivity index (χ0n) is 12.9. The Labute approximate surface area is 138 Å². The van der Waals surface area contributed by atoms with Crippen LogP contribution >= 0.6 is 23.2 Å². The smallest absolute Gasteiger partial charge is 0.0764 e. The second-order valence-corrected chi connectivity index (χ2v) is 6.80. The van der Waals surface area contributed by atoms with Gasteiger partial charge >= 0.3 is 0 Å². The van der Waals surface area contributed by atoms with Gasteiger partial charge in [0.2, 0.25) is 0 Å². The second kappa shape index (κ2) is 7.32. The van der Waals surface area contributed by atoms with Crippen molar-refractivity contribution in [1.82, 2.24) is 4.90 Å². The molecule has 0 bridgehead atoms. The van der Waals surface area contributed by atoms with E-state index in [-0.39, 0.29) is 5.54 Å². The van der Waals surface area contributed by atoms with E-state index >= 15 is 0 Å². The van der Waals surface area contributed by atoms with Crippen LogP contribution in [-0.4, -0.2) is 34.7 Å². The summed E-state index contributed by atoms with van der Waals surface area (Å²) in [4.78, 5) is 2.47. The highest BCUT2D eigenvalue weighted by Crippen LogP contribution is 2.34. The molecule has 1 aromatic rings. The standard InChI is InChI=1S/C17H25Cl2NO/c1-3-17(4-2,20-9-5-6-10-20)16(21)12-13-11-14(18)7-8-15(13)19/h7-8,11,16,21H,3-6,9-10,12H2,1-2H3. The summed E-state index contributed by atoms with van der Waals surface area (Å²) in [6.07, 6.45) is 4.48. The van der Waals surface area contributed by atoms with Crippen LogP contribution in [0.2, 0.25) is 10.0 Å². The summed E-state index contributed by atoms with van der Waals surface area (Å²) in [6, 6.07) is 5.46. The minimum Gasteiger partial charge on any atom is -0.391 e. The number of likely N-dealkylation sites (tertiary alicyclic amines) is 1. The molecule has 1 aromatic carbocycles. The second-order valence-electron chi connectivity index (χ2n) is 5.96. The predicted octanol–water partition coefficient (Wildman–Crippen LogP) is 4.55. The van der Waals surface area contributed by atoms with E-state index in [1.165, 1.54) is 12.8 Å². The van der Waals surface area contributed by atoms with Crippen molar-refractivity contribution in [3.63, 3.8) is 0 Å². The van der Waals surface area contributed by atoms with Crippen LogP contribution in [0.15, 0.2) is 18.2 Å². The third-order valence-corrected chi connectivity index (χ3v) is 5.61. The van der Waals surface area contributed by atoms with E-state index in [2.05, 4.69) is 18.7 Å². The third-order valence-electron chi connectivity index (χ3n) is 5.00. The van der Waals surface area contributed by atoms with Gasteiger partial charge in [0.1, 0.15) is 0 Å². The fourth-order valence-corrected chi connectivity index (χ4v) is 4.03. The summed E-state index contributed by atoms with van der Waals surface area (Å²) < 4.78 is 0. The molecule has 2 nitrogen and oxygen atoms in total. The molecule has 1 aliphatic rings. The van der Waals surface area contributed by atoms with E-state index in [1.54, 1.807) is 12.1 Å². The normalized spacial score (nSPS) is 18.1. The van der Waals surface area contributed by atoms with E-state index < -0.39 is 6.10 Å². The molecule has 1 unspecified atom stereocenters. The molecule has 1 fully saturated rings. The third kappa shape index (κ3) is 3.56. The molecule has 1 heterocycles. The lowest BCUT2D eigenvalue weighted by atomic mass is 9.81. The first-order valence-corrected chi connectivity index (χ1v) is 8.66. The quantitative estimate of drug-likeness (QED) is 0.827. The Morgan fingerprint density at radius 1 is 1.19 bits per heavy atom. The maximum atomic E-state index is 10.9. The minimum atomic E-state index is -0.429. The molecule has 0 saturated carbocycles. The first kappa shape index (κ1) is 17.1. The number of hydrogen-bond acceptors (Lipinski definition) is 2. The lowest BCUT2D eigenvalue weighted by Crippen LogP contribution is -2.55. The Hall–Kier alpha value is -0.280. The first-order chi connectivity index (χ1) is 10.0. The van der Waals surface area contributed by atoms with E-state index in [4.69, 9.17) is 23.2 Å². The molecule has 1 N–H and O–H groups in total. The Bertz CT molecular complexity index is 468. The SMILES string of the molecule is CCC(CC)(C(O)Cc1cc(Cl)ccc1Cl)N1CCCC1. The van der Waals surface area contributed by atoms with Crippen LogP contribution in [-0.2, 0) is 6.42 Å². The zero-order chi connectivity index (χ0) is 15.5. The fourth-order valence-electron chi connectivity index (χ4n) is 3.64. The molecule has 1 atom stereocenters. The average molecular weight is 330 g/mol. The molecule has 4 heteroatoms. The topological polar surface area (TPSA) is 23.5 Å². The minimum absolute atomic E-state index is 0.151. The van der Waals surface area contributed by atoms with Crippen LogP contribution in [0.5, 0.6) is 0 Å². The van der Waals surface area contributed by atoms with Crippen LogP contribution in [0.25, 0.3) is 0 Å². The van der Waals surface area contributed by atoms with Gasteiger partial charge in [0.25, 0.3) is 0 Å². The van der Waals surface area contributed by atoms with Crippen LogP contribution in [0.4, 0.5) is 0 Å². The van der Waals surface area contributed by atoms with Gasteiger partial charge in [0.05, 0.1) is 6.10 Å². The summed E-state index contributed by atoms with van der Waals surface area (Å²) in [5.74, 6) is 0. The summed E-state index contributed by atoms with van der Waals surface area (Å²) >= 11 is 12.3. The van der Waals surface area contributed by atoms with Crippen LogP contribution in [0, 0.1) is 0 Å². The lowest BCUT2D eigenvalue weighted by molar-refractivity contribution is -0.0269. The molecule has 21 heavy (non-hydrogen) atoms. The molecule has 0 radical (unpaired) electrons. The van der Waals surface area contributed by atoms with E-state index in [1.807, 2.05) is 6.07 Å². The van der Waals surface area contributed by atoms with Gasteiger partial charge in [0.15, 0.2) is 0 Å². The summed E-state index contributed by atoms with van der Waals surface area (Å²) in [7, 11) is 0. The van der Waals surface area contributed by atoms with Crippen molar-refractivity contribution < 1.29 is 5.11 Å². The number of hydrogen-bond donors (Lipinski definition) is 1. The van der Waals surface area contributed by atoms with Crippen molar-refractivity contribution in [2.75, 3.05) is 13.1 Å².